The maximum Gasteiger partial charge on any atom is 0.317 e. The van der Waals surface area contributed by atoms with E-state index in [4.69, 9.17) is 0 Å². The van der Waals surface area contributed by atoms with Gasteiger partial charge in [0.15, 0.2) is 0 Å². The van der Waals surface area contributed by atoms with Crippen molar-refractivity contribution in [3.05, 3.63) is 29.8 Å². The summed E-state index contributed by atoms with van der Waals surface area (Å²) in [6, 6.07) is 7.23. The van der Waals surface area contributed by atoms with Crippen LogP contribution in [0.5, 0.6) is 0 Å². The van der Waals surface area contributed by atoms with Crippen LogP contribution in [0.15, 0.2) is 29.3 Å². The second-order valence-electron chi connectivity index (χ2n) is 10.1. The molecule has 0 amide bonds. The first-order valence-corrected chi connectivity index (χ1v) is 13.9. The highest BCUT2D eigenvalue weighted by molar-refractivity contribution is 7.78. The fraction of sp³-hybridized carbons (Fsp3) is 0.593. The quantitative estimate of drug-likeness (QED) is 0.115. The van der Waals surface area contributed by atoms with Crippen LogP contribution in [-0.4, -0.2) is 147 Å². The monoisotopic (exact) mass is 593 g/mol. The Hall–Kier alpha value is -3.26. The van der Waals surface area contributed by atoms with Gasteiger partial charge in [0.25, 0.3) is 0 Å². The van der Waals surface area contributed by atoms with Crippen molar-refractivity contribution in [2.24, 2.45) is 4.99 Å². The lowest BCUT2D eigenvalue weighted by Crippen LogP contribution is -2.50. The normalized spacial score (nSPS) is 16.2. The van der Waals surface area contributed by atoms with E-state index >= 15 is 0 Å². The molecule has 14 heteroatoms. The van der Waals surface area contributed by atoms with E-state index in [1.54, 1.807) is 9.80 Å². The van der Waals surface area contributed by atoms with Gasteiger partial charge in [0.05, 0.1) is 37.0 Å². The van der Waals surface area contributed by atoms with Crippen LogP contribution >= 0.6 is 12.2 Å². The number of aliphatic carboxylic acids is 4. The fourth-order valence-corrected chi connectivity index (χ4v) is 5.02. The molecule has 1 fully saturated rings. The average molecular weight is 594 g/mol. The molecule has 2 rings (SSSR count). The summed E-state index contributed by atoms with van der Waals surface area (Å²) in [5.74, 6) is -4.21. The Morgan fingerprint density at radius 2 is 1.27 bits per heavy atom. The summed E-state index contributed by atoms with van der Waals surface area (Å²) in [5.41, 5.74) is 1.82. The molecule has 1 aliphatic heterocycles. The van der Waals surface area contributed by atoms with Crippen molar-refractivity contribution in [2.75, 3.05) is 72.0 Å². The highest BCUT2D eigenvalue weighted by Gasteiger charge is 2.27. The predicted octanol–water partition coefficient (Wildman–Crippen LogP) is 1.06. The van der Waals surface area contributed by atoms with Crippen molar-refractivity contribution in [2.45, 2.75) is 31.7 Å². The minimum Gasteiger partial charge on any atom is -0.480 e. The van der Waals surface area contributed by atoms with Crippen LogP contribution in [0.1, 0.15) is 24.8 Å². The molecule has 41 heavy (non-hydrogen) atoms. The van der Waals surface area contributed by atoms with E-state index in [1.165, 1.54) is 4.90 Å². The van der Waals surface area contributed by atoms with Gasteiger partial charge in [0.1, 0.15) is 0 Å². The molecule has 0 aromatic heterocycles. The second kappa shape index (κ2) is 18.2. The first-order chi connectivity index (χ1) is 19.5. The molecule has 1 saturated heterocycles. The molecule has 4 N–H and O–H groups in total. The number of aryl methyl sites for hydroxylation is 1. The SMILES string of the molecule is O=C(O)CN1CCN(CC(=O)O)CCN(CC(CCCCc2ccc(N=C=S)cc2)N(CC(=O)O)CC(=O)O)CC1. The van der Waals surface area contributed by atoms with Crippen LogP contribution < -0.4 is 0 Å². The van der Waals surface area contributed by atoms with Crippen LogP contribution in [0.2, 0.25) is 0 Å². The molecule has 13 nitrogen and oxygen atoms in total. The Balaban J connectivity index is 2.15. The molecule has 1 aromatic rings. The summed E-state index contributed by atoms with van der Waals surface area (Å²) < 4.78 is 0. The Bertz CT molecular complexity index is 1020. The molecule has 1 atom stereocenters. The van der Waals surface area contributed by atoms with Crippen molar-refractivity contribution < 1.29 is 39.6 Å². The highest BCUT2D eigenvalue weighted by atomic mass is 32.1. The van der Waals surface area contributed by atoms with Gasteiger partial charge in [0, 0.05) is 51.9 Å². The standard InChI is InChI=1S/C27H39N5O8S/c33-24(34)16-30-11-9-29(10-12-31(14-13-30)17-25(35)36)15-23(32(18-26(37)38)19-27(39)40)4-2-1-3-21-5-7-22(8-6-21)28-20-41/h5-8,23H,1-4,9-19H2,(H,33,34)(H,35,36)(H,37,38)(H,39,40). The van der Waals surface area contributed by atoms with Crippen molar-refractivity contribution >= 4 is 46.9 Å². The van der Waals surface area contributed by atoms with E-state index in [0.29, 0.717) is 52.2 Å². The Morgan fingerprint density at radius 1 is 0.780 bits per heavy atom. The molecule has 0 spiro atoms. The zero-order valence-electron chi connectivity index (χ0n) is 23.1. The number of benzene rings is 1. The number of carboxylic acid groups (broad SMARTS) is 4. The molecule has 1 aromatic carbocycles. The summed E-state index contributed by atoms with van der Waals surface area (Å²) in [4.78, 5) is 56.9. The lowest BCUT2D eigenvalue weighted by Gasteiger charge is -2.35. The van der Waals surface area contributed by atoms with E-state index in [-0.39, 0.29) is 19.1 Å². The molecule has 1 aliphatic rings. The summed E-state index contributed by atoms with van der Waals surface area (Å²) in [6.45, 7) is 1.78. The molecule has 0 saturated carbocycles. The van der Waals surface area contributed by atoms with E-state index in [1.807, 2.05) is 29.2 Å². The molecule has 1 unspecified atom stereocenters. The number of thiocarbonyl (C=S) groups is 1. The van der Waals surface area contributed by atoms with Crippen molar-refractivity contribution in [1.29, 1.82) is 0 Å². The van der Waals surface area contributed by atoms with E-state index in [2.05, 4.69) is 22.4 Å². The second-order valence-corrected chi connectivity index (χ2v) is 10.3. The van der Waals surface area contributed by atoms with Gasteiger partial charge >= 0.3 is 23.9 Å². The van der Waals surface area contributed by atoms with E-state index in [0.717, 1.165) is 30.5 Å². The maximum absolute atomic E-state index is 11.6. The molecule has 1 heterocycles. The van der Waals surface area contributed by atoms with Gasteiger partial charge < -0.3 is 20.4 Å². The number of nitrogens with zero attached hydrogens (tertiary/aromatic N) is 5. The van der Waals surface area contributed by atoms with Crippen LogP contribution in [0, 0.1) is 0 Å². The summed E-state index contributed by atoms with van der Waals surface area (Å²) in [6.07, 6.45) is 2.87. The minimum atomic E-state index is -1.12. The third kappa shape index (κ3) is 14.3. The Labute approximate surface area is 244 Å². The van der Waals surface area contributed by atoms with Gasteiger partial charge in [-0.3, -0.25) is 38.8 Å². The predicted molar refractivity (Wildman–Crippen MR) is 154 cm³/mol. The third-order valence-corrected chi connectivity index (χ3v) is 7.03. The van der Waals surface area contributed by atoms with Crippen LogP contribution in [0.25, 0.3) is 0 Å². The number of hydrogen-bond acceptors (Lipinski definition) is 10. The minimum absolute atomic E-state index is 0.179. The molecule has 0 bridgehead atoms. The number of carbonyl (C=O) groups is 4. The number of carboxylic acids is 4. The first-order valence-electron chi connectivity index (χ1n) is 13.5. The molecular weight excluding hydrogens is 554 g/mol. The number of rotatable bonds is 17. The maximum atomic E-state index is 11.6. The van der Waals surface area contributed by atoms with Gasteiger partial charge in [-0.2, -0.15) is 4.99 Å². The smallest absolute Gasteiger partial charge is 0.317 e. The summed E-state index contributed by atoms with van der Waals surface area (Å²) >= 11 is 4.62. The highest BCUT2D eigenvalue weighted by Crippen LogP contribution is 2.17. The zero-order chi connectivity index (χ0) is 30.2. The lowest BCUT2D eigenvalue weighted by molar-refractivity contribution is -0.143. The molecular formula is C27H39N5O8S. The lowest BCUT2D eigenvalue weighted by atomic mass is 10.0. The van der Waals surface area contributed by atoms with Gasteiger partial charge in [-0.15, -0.1) is 0 Å². The summed E-state index contributed by atoms with van der Waals surface area (Å²) in [7, 11) is 0. The average Bonchev–Trinajstić information content (AvgIpc) is 2.97. The topological polar surface area (TPSA) is 175 Å². The summed E-state index contributed by atoms with van der Waals surface area (Å²) in [5, 5.41) is 39.9. The molecule has 0 radical (unpaired) electrons. The van der Waals surface area contributed by atoms with Crippen LogP contribution in [0.4, 0.5) is 5.69 Å². The van der Waals surface area contributed by atoms with Gasteiger partial charge in [0.2, 0.25) is 0 Å². The van der Waals surface area contributed by atoms with Crippen molar-refractivity contribution in [3.63, 3.8) is 0 Å². The Kier molecular flexibility index (Phi) is 15.1. The number of aliphatic imine (C=N–C) groups is 1. The van der Waals surface area contributed by atoms with Crippen LogP contribution in [0.3, 0.4) is 0 Å². The molecule has 0 aliphatic carbocycles. The fourth-order valence-electron chi connectivity index (χ4n) is 4.91. The number of unbranched alkanes of at least 4 members (excludes halogenated alkanes) is 1. The third-order valence-electron chi connectivity index (χ3n) is 6.94. The number of isothiocyanates is 1. The van der Waals surface area contributed by atoms with E-state index < -0.39 is 37.0 Å². The first kappa shape index (κ1) is 33.9. The van der Waals surface area contributed by atoms with Crippen LogP contribution in [-0.2, 0) is 25.6 Å². The van der Waals surface area contributed by atoms with Gasteiger partial charge in [-0.25, -0.2) is 0 Å². The molecule has 226 valence electrons. The van der Waals surface area contributed by atoms with Gasteiger partial charge in [-0.1, -0.05) is 18.6 Å². The van der Waals surface area contributed by atoms with Gasteiger partial charge in [-0.05, 0) is 49.2 Å². The number of hydrogen-bond donors (Lipinski definition) is 4. The van der Waals surface area contributed by atoms with Crippen molar-refractivity contribution in [1.82, 2.24) is 19.6 Å². The zero-order valence-corrected chi connectivity index (χ0v) is 23.9. The Morgan fingerprint density at radius 3 is 1.71 bits per heavy atom. The largest absolute Gasteiger partial charge is 0.480 e. The van der Waals surface area contributed by atoms with E-state index in [9.17, 15) is 39.6 Å². The van der Waals surface area contributed by atoms with Crippen molar-refractivity contribution in [3.8, 4) is 0 Å².